The smallest absolute Gasteiger partial charge is 0.135 e. The lowest BCUT2D eigenvalue weighted by molar-refractivity contribution is 0.270. The minimum atomic E-state index is -0.482. The predicted molar refractivity (Wildman–Crippen MR) is 74.1 cm³/mol. The van der Waals surface area contributed by atoms with Crippen molar-refractivity contribution in [3.05, 3.63) is 66.1 Å². The number of aliphatic hydroxyl groups is 1. The van der Waals surface area contributed by atoms with Gasteiger partial charge in [-0.05, 0) is 30.3 Å². The summed E-state index contributed by atoms with van der Waals surface area (Å²) in [6, 6.07) is 13.7. The Labute approximate surface area is 115 Å². The zero-order valence-corrected chi connectivity index (χ0v) is 10.6. The molecule has 4 heteroatoms. The molecule has 3 nitrogen and oxygen atoms in total. The molecule has 3 aromatic rings. The van der Waals surface area contributed by atoms with Crippen LogP contribution in [0.3, 0.4) is 0 Å². The normalized spacial score (nSPS) is 10.7. The van der Waals surface area contributed by atoms with Gasteiger partial charge in [-0.2, -0.15) is 0 Å². The lowest BCUT2D eigenvalue weighted by Crippen LogP contribution is -1.95. The molecule has 1 aromatic heterocycles. The monoisotopic (exact) mass is 269 g/mol. The Morgan fingerprint density at radius 3 is 2.85 bits per heavy atom. The van der Waals surface area contributed by atoms with E-state index in [0.29, 0.717) is 11.5 Å². The summed E-state index contributed by atoms with van der Waals surface area (Å²) in [6.45, 7) is -0.409. The Kier molecular flexibility index (Phi) is 3.31. The second kappa shape index (κ2) is 5.27. The molecular weight excluding hydrogens is 257 g/mol. The Balaban J connectivity index is 1.99. The summed E-state index contributed by atoms with van der Waals surface area (Å²) in [5.74, 6) is 0.378. The molecule has 0 radical (unpaired) electrons. The van der Waals surface area contributed by atoms with E-state index in [1.54, 1.807) is 30.5 Å². The molecule has 0 bridgehead atoms. The van der Waals surface area contributed by atoms with Crippen molar-refractivity contribution in [2.75, 3.05) is 0 Å². The average molecular weight is 269 g/mol. The molecule has 1 N–H and O–H groups in total. The summed E-state index contributed by atoms with van der Waals surface area (Å²) in [7, 11) is 0. The van der Waals surface area contributed by atoms with Crippen LogP contribution >= 0.6 is 0 Å². The number of pyridine rings is 1. The molecule has 20 heavy (non-hydrogen) atoms. The van der Waals surface area contributed by atoms with Gasteiger partial charge in [-0.3, -0.25) is 4.98 Å². The maximum Gasteiger partial charge on any atom is 0.135 e. The topological polar surface area (TPSA) is 42.4 Å². The molecule has 0 spiro atoms. The Morgan fingerprint density at radius 1 is 1.10 bits per heavy atom. The van der Waals surface area contributed by atoms with E-state index >= 15 is 0 Å². The third-order valence-corrected chi connectivity index (χ3v) is 3.04. The molecule has 100 valence electrons. The van der Waals surface area contributed by atoms with Crippen LogP contribution in [0, 0.1) is 5.82 Å². The third kappa shape index (κ3) is 2.33. The molecule has 0 fully saturated rings. The van der Waals surface area contributed by atoms with Crippen LogP contribution in [0.2, 0.25) is 0 Å². The first kappa shape index (κ1) is 12.6. The van der Waals surface area contributed by atoms with Gasteiger partial charge in [0.05, 0.1) is 17.7 Å². The van der Waals surface area contributed by atoms with Gasteiger partial charge in [-0.1, -0.05) is 12.1 Å². The first-order chi connectivity index (χ1) is 9.78. The van der Waals surface area contributed by atoms with Gasteiger partial charge in [-0.15, -0.1) is 0 Å². The molecule has 0 unspecified atom stereocenters. The molecule has 3 rings (SSSR count). The standard InChI is InChI=1S/C16H12FNO2/c17-14-4-1-5-16(13(14)10-19)20-12-7-6-11-3-2-8-18-15(11)9-12/h1-9,19H,10H2. The van der Waals surface area contributed by atoms with Gasteiger partial charge in [-0.25, -0.2) is 4.39 Å². The predicted octanol–water partition coefficient (Wildman–Crippen LogP) is 3.66. The van der Waals surface area contributed by atoms with Crippen molar-refractivity contribution in [2.45, 2.75) is 6.61 Å². The van der Waals surface area contributed by atoms with Crippen molar-refractivity contribution in [2.24, 2.45) is 0 Å². The first-order valence-electron chi connectivity index (χ1n) is 6.19. The van der Waals surface area contributed by atoms with E-state index in [2.05, 4.69) is 4.98 Å². The zero-order valence-electron chi connectivity index (χ0n) is 10.6. The van der Waals surface area contributed by atoms with Gasteiger partial charge in [0.25, 0.3) is 0 Å². The van der Waals surface area contributed by atoms with Crippen molar-refractivity contribution in [1.82, 2.24) is 4.98 Å². The average Bonchev–Trinajstić information content (AvgIpc) is 2.47. The fourth-order valence-corrected chi connectivity index (χ4v) is 2.02. The fourth-order valence-electron chi connectivity index (χ4n) is 2.02. The largest absolute Gasteiger partial charge is 0.457 e. The molecule has 0 amide bonds. The van der Waals surface area contributed by atoms with Crippen LogP contribution in [-0.4, -0.2) is 10.1 Å². The fraction of sp³-hybridized carbons (Fsp3) is 0.0625. The molecule has 0 saturated heterocycles. The number of aliphatic hydroxyl groups excluding tert-OH is 1. The molecule has 2 aromatic carbocycles. The summed E-state index contributed by atoms with van der Waals surface area (Å²) in [5.41, 5.74) is 0.945. The van der Waals surface area contributed by atoms with Gasteiger partial charge in [0.1, 0.15) is 17.3 Å². The molecule has 0 aliphatic heterocycles. The highest BCUT2D eigenvalue weighted by molar-refractivity contribution is 5.79. The Morgan fingerprint density at radius 2 is 2.00 bits per heavy atom. The van der Waals surface area contributed by atoms with Gasteiger partial charge < -0.3 is 9.84 Å². The number of halogens is 1. The summed E-state index contributed by atoms with van der Waals surface area (Å²) in [6.07, 6.45) is 1.70. The number of benzene rings is 2. The number of rotatable bonds is 3. The third-order valence-electron chi connectivity index (χ3n) is 3.04. The number of nitrogens with zero attached hydrogens (tertiary/aromatic N) is 1. The summed E-state index contributed by atoms with van der Waals surface area (Å²) in [4.78, 5) is 4.24. The molecule has 1 heterocycles. The molecule has 0 aliphatic carbocycles. The highest BCUT2D eigenvalue weighted by atomic mass is 19.1. The van der Waals surface area contributed by atoms with Crippen molar-refractivity contribution in [1.29, 1.82) is 0 Å². The lowest BCUT2D eigenvalue weighted by Gasteiger charge is -2.10. The number of hydrogen-bond donors (Lipinski definition) is 1. The lowest BCUT2D eigenvalue weighted by atomic mass is 10.2. The van der Waals surface area contributed by atoms with E-state index in [-0.39, 0.29) is 5.56 Å². The van der Waals surface area contributed by atoms with E-state index in [1.165, 1.54) is 6.07 Å². The van der Waals surface area contributed by atoms with Crippen molar-refractivity contribution in [3.63, 3.8) is 0 Å². The number of aromatic nitrogens is 1. The van der Waals surface area contributed by atoms with E-state index in [9.17, 15) is 9.50 Å². The van der Waals surface area contributed by atoms with Gasteiger partial charge in [0, 0.05) is 17.6 Å². The number of ether oxygens (including phenoxy) is 1. The van der Waals surface area contributed by atoms with Crippen LogP contribution < -0.4 is 4.74 Å². The maximum atomic E-state index is 13.6. The number of fused-ring (bicyclic) bond motifs is 1. The van der Waals surface area contributed by atoms with Crippen LogP contribution in [-0.2, 0) is 6.61 Å². The zero-order chi connectivity index (χ0) is 13.9. The summed E-state index contributed by atoms with van der Waals surface area (Å²) < 4.78 is 19.2. The quantitative estimate of drug-likeness (QED) is 0.789. The van der Waals surface area contributed by atoms with E-state index in [1.807, 2.05) is 18.2 Å². The van der Waals surface area contributed by atoms with E-state index < -0.39 is 12.4 Å². The van der Waals surface area contributed by atoms with Crippen LogP contribution in [0.15, 0.2) is 54.7 Å². The Hall–Kier alpha value is -2.46. The van der Waals surface area contributed by atoms with Crippen molar-refractivity contribution in [3.8, 4) is 11.5 Å². The van der Waals surface area contributed by atoms with Gasteiger partial charge >= 0.3 is 0 Å². The van der Waals surface area contributed by atoms with Gasteiger partial charge in [0.2, 0.25) is 0 Å². The minimum Gasteiger partial charge on any atom is -0.457 e. The molecular formula is C16H12FNO2. The maximum absolute atomic E-state index is 13.6. The first-order valence-corrected chi connectivity index (χ1v) is 6.19. The van der Waals surface area contributed by atoms with Gasteiger partial charge in [0.15, 0.2) is 0 Å². The van der Waals surface area contributed by atoms with Crippen molar-refractivity contribution >= 4 is 10.9 Å². The second-order valence-corrected chi connectivity index (χ2v) is 4.33. The van der Waals surface area contributed by atoms with Crippen LogP contribution in [0.25, 0.3) is 10.9 Å². The molecule has 0 atom stereocenters. The molecule has 0 aliphatic rings. The highest BCUT2D eigenvalue weighted by Crippen LogP contribution is 2.28. The summed E-state index contributed by atoms with van der Waals surface area (Å²) >= 11 is 0. The highest BCUT2D eigenvalue weighted by Gasteiger charge is 2.09. The van der Waals surface area contributed by atoms with E-state index in [0.717, 1.165) is 10.9 Å². The summed E-state index contributed by atoms with van der Waals surface area (Å²) in [5, 5.41) is 10.2. The van der Waals surface area contributed by atoms with E-state index in [4.69, 9.17) is 4.74 Å². The minimum absolute atomic E-state index is 0.147. The second-order valence-electron chi connectivity index (χ2n) is 4.33. The van der Waals surface area contributed by atoms with Crippen LogP contribution in [0.4, 0.5) is 4.39 Å². The van der Waals surface area contributed by atoms with Crippen LogP contribution in [0.1, 0.15) is 5.56 Å². The SMILES string of the molecule is OCc1c(F)cccc1Oc1ccc2cccnc2c1. The van der Waals surface area contributed by atoms with Crippen LogP contribution in [0.5, 0.6) is 11.5 Å². The number of hydrogen-bond acceptors (Lipinski definition) is 3. The molecule has 0 saturated carbocycles. The Bertz CT molecular complexity index is 758. The van der Waals surface area contributed by atoms with Crippen molar-refractivity contribution < 1.29 is 14.2 Å².